The van der Waals surface area contributed by atoms with Gasteiger partial charge in [0, 0.05) is 43.1 Å². The normalized spacial score (nSPS) is 11.8. The maximum Gasteiger partial charge on any atom is 0.104 e. The molecule has 4 aromatic heterocycles. The largest absolute Gasteiger partial charge is 0.306 e. The van der Waals surface area contributed by atoms with Gasteiger partial charge in [-0.25, -0.2) is 0 Å². The van der Waals surface area contributed by atoms with Gasteiger partial charge in [-0.3, -0.25) is 0 Å². The van der Waals surface area contributed by atoms with Crippen LogP contribution in [0.15, 0.2) is 273 Å². The molecule has 0 aliphatic rings. The van der Waals surface area contributed by atoms with E-state index in [9.17, 15) is 10.5 Å². The Morgan fingerprint density at radius 2 is 0.319 bits per heavy atom. The molecule has 0 atom stereocenters. The van der Waals surface area contributed by atoms with Crippen LogP contribution in [0.5, 0.6) is 0 Å². The van der Waals surface area contributed by atoms with E-state index in [0.29, 0.717) is 33.9 Å². The van der Waals surface area contributed by atoms with Crippen LogP contribution in [0.4, 0.5) is 0 Å². The quantitative estimate of drug-likeness (QED) is 0.129. The van der Waals surface area contributed by atoms with Crippen molar-refractivity contribution in [2.75, 3.05) is 0 Å². The molecule has 0 fully saturated rings. The monoisotopic (exact) mass is 1530 g/mol. The molecule has 16 aromatic carbocycles. The van der Waals surface area contributed by atoms with E-state index in [-0.39, 0.29) is 0 Å². The summed E-state index contributed by atoms with van der Waals surface area (Å²) in [5.74, 6) is 0. The van der Waals surface area contributed by atoms with Gasteiger partial charge in [0.05, 0.1) is 66.9 Å². The Kier molecular flexibility index (Phi) is 17.3. The summed E-state index contributed by atoms with van der Waals surface area (Å²) >= 11 is 0. The summed E-state index contributed by atoms with van der Waals surface area (Å²) < 4.78 is 9.49. The van der Waals surface area contributed by atoms with Crippen molar-refractivity contribution in [1.82, 2.24) is 18.3 Å². The van der Waals surface area contributed by atoms with Crippen molar-refractivity contribution >= 4 is 87.2 Å². The fourth-order valence-corrected chi connectivity index (χ4v) is 20.9. The lowest BCUT2D eigenvalue weighted by molar-refractivity contribution is 1.02. The molecule has 0 aliphatic heterocycles. The highest BCUT2D eigenvalue weighted by Crippen LogP contribution is 2.53. The van der Waals surface area contributed by atoms with Crippen molar-refractivity contribution < 1.29 is 0 Å². The van der Waals surface area contributed by atoms with Gasteiger partial charge in [-0.05, 0) is 357 Å². The number of nitriles is 2. The fraction of sp³-hybridized carbons (Fsp3) is 0.133. The highest BCUT2D eigenvalue weighted by molar-refractivity contribution is 6.19. The number of nitrogens with zero attached hydrogens (tertiary/aromatic N) is 6. The van der Waals surface area contributed by atoms with E-state index < -0.39 is 0 Å². The van der Waals surface area contributed by atoms with Crippen LogP contribution >= 0.6 is 0 Å². The van der Waals surface area contributed by atoms with E-state index in [2.05, 4.69) is 407 Å². The first kappa shape index (κ1) is 73.6. The minimum Gasteiger partial charge on any atom is -0.306 e. The molecular weight excluding hydrogens is 1440 g/mol. The van der Waals surface area contributed by atoms with Gasteiger partial charge in [0.1, 0.15) is 23.3 Å². The molecule has 0 N–H and O–H groups in total. The van der Waals surface area contributed by atoms with E-state index in [1.54, 1.807) is 0 Å². The summed E-state index contributed by atoms with van der Waals surface area (Å²) in [6.07, 6.45) is 0. The molecule has 0 spiro atoms. The predicted octanol–water partition coefficient (Wildman–Crippen LogP) is 30.1. The molecule has 572 valence electrons. The Balaban J connectivity index is 1.05. The van der Waals surface area contributed by atoms with Crippen LogP contribution in [-0.4, -0.2) is 18.3 Å². The molecular formula is C113H90N6. The molecule has 119 heavy (non-hydrogen) atoms. The van der Waals surface area contributed by atoms with Crippen molar-refractivity contribution in [3.8, 4) is 113 Å². The summed E-state index contributed by atoms with van der Waals surface area (Å²) in [6.45, 7) is 33.1. The number of hydrogen-bond donors (Lipinski definition) is 0. The van der Waals surface area contributed by atoms with Crippen LogP contribution < -0.4 is 0 Å². The third kappa shape index (κ3) is 11.3. The lowest BCUT2D eigenvalue weighted by Gasteiger charge is -2.27. The Hall–Kier alpha value is -14.3. The van der Waals surface area contributed by atoms with Crippen molar-refractivity contribution in [2.24, 2.45) is 0 Å². The van der Waals surface area contributed by atoms with Gasteiger partial charge >= 0.3 is 0 Å². The third-order valence-electron chi connectivity index (χ3n) is 26.1. The highest BCUT2D eigenvalue weighted by Gasteiger charge is 2.36. The van der Waals surface area contributed by atoms with Gasteiger partial charge in [-0.1, -0.05) is 181 Å². The van der Waals surface area contributed by atoms with Crippen LogP contribution in [-0.2, 0) is 0 Å². The average molecular weight is 1530 g/mol. The van der Waals surface area contributed by atoms with E-state index in [1.807, 2.05) is 0 Å². The molecule has 6 nitrogen and oxygen atoms in total. The van der Waals surface area contributed by atoms with Gasteiger partial charge in [-0.15, -0.1) is 0 Å². The average Bonchev–Trinajstić information content (AvgIpc) is 1.54. The lowest BCUT2D eigenvalue weighted by atomic mass is 9.93. The summed E-state index contributed by atoms with van der Waals surface area (Å²) in [6, 6.07) is 108. The Morgan fingerprint density at radius 3 is 0.471 bits per heavy atom. The molecule has 0 unspecified atom stereocenters. The van der Waals surface area contributed by atoms with E-state index in [1.165, 1.54) is 117 Å². The minimum atomic E-state index is 0.380. The van der Waals surface area contributed by atoms with Gasteiger partial charge in [0.2, 0.25) is 0 Å². The number of aromatic nitrogens is 4. The number of fused-ring (bicyclic) bond motifs is 12. The van der Waals surface area contributed by atoms with E-state index >= 15 is 0 Å². The van der Waals surface area contributed by atoms with Crippen molar-refractivity contribution in [2.45, 2.75) is 104 Å². The number of hydrogen-bond acceptors (Lipinski definition) is 2. The summed E-state index contributed by atoms with van der Waals surface area (Å²) in [7, 11) is 0. The van der Waals surface area contributed by atoms with Crippen molar-refractivity contribution in [3.63, 3.8) is 0 Å². The van der Waals surface area contributed by atoms with E-state index in [4.69, 9.17) is 0 Å². The summed E-state index contributed by atoms with van der Waals surface area (Å²) in [5.41, 5.74) is 43.7. The topological polar surface area (TPSA) is 67.3 Å². The molecule has 0 saturated heterocycles. The Labute approximate surface area is 695 Å². The smallest absolute Gasteiger partial charge is 0.104 e. The lowest BCUT2D eigenvalue weighted by Crippen LogP contribution is -2.16. The molecule has 0 amide bonds. The zero-order valence-electron chi connectivity index (χ0n) is 70.2. The molecule has 6 heteroatoms. The van der Waals surface area contributed by atoms with Gasteiger partial charge in [0.15, 0.2) is 0 Å². The second kappa shape index (κ2) is 28.0. The number of rotatable bonds is 11. The van der Waals surface area contributed by atoms with Crippen LogP contribution in [0.3, 0.4) is 0 Å². The van der Waals surface area contributed by atoms with Crippen molar-refractivity contribution in [3.05, 3.63) is 368 Å². The standard InChI is InChI=1S/C113H90N6/c1-63-37-45-95-85(53-63)86-54-78(103-64(2)23-16-24-65(103)3)38-46-96(86)116(95)110-93(61-114)112(118-99-49-41-81(106-70(8)29-19-30-71(106)9)57-89(99)90-58-82(42-50-100(90)118)107-72(10)31-20-32-73(107)11)113(119-101-51-43-83(108-74(12)33-21-34-75(108)13)59-91(101)92-60-84(44-52-102(92)119)109-76(14)35-22-36-77(109)15)94(62-115)111(110)117-97-47-39-79(104-66(4)25-17-26-67(104)5)55-87(97)88-56-80(40-48-98(88)117)105-68(6)27-18-28-69(105)7/h16-60H,1-15H3. The van der Waals surface area contributed by atoms with Gasteiger partial charge in [0.25, 0.3) is 0 Å². The third-order valence-corrected chi connectivity index (χ3v) is 26.1. The maximum absolute atomic E-state index is 14.0. The van der Waals surface area contributed by atoms with Crippen LogP contribution in [0.2, 0.25) is 0 Å². The first-order valence-electron chi connectivity index (χ1n) is 41.5. The van der Waals surface area contributed by atoms with Gasteiger partial charge < -0.3 is 18.3 Å². The molecule has 4 heterocycles. The first-order chi connectivity index (χ1) is 57.7. The summed E-state index contributed by atoms with van der Waals surface area (Å²) in [5, 5.41) is 36.0. The number of aryl methyl sites for hydroxylation is 15. The van der Waals surface area contributed by atoms with Crippen LogP contribution in [0.25, 0.3) is 188 Å². The van der Waals surface area contributed by atoms with E-state index in [0.717, 1.165) is 132 Å². The molecule has 0 saturated carbocycles. The fourth-order valence-electron chi connectivity index (χ4n) is 20.9. The highest BCUT2D eigenvalue weighted by atomic mass is 15.1. The van der Waals surface area contributed by atoms with Gasteiger partial charge in [-0.2, -0.15) is 10.5 Å². The van der Waals surface area contributed by atoms with Crippen LogP contribution in [0, 0.1) is 127 Å². The SMILES string of the molecule is Cc1ccc2c(c1)c1cc(-c3c(C)cccc3C)ccc1n2-c1c(C#N)c(-n2c3ccc(-c4c(C)cccc4C)cc3c3cc(-c4c(C)cccc4C)ccc32)c(-n2c3ccc(-c4c(C)cccc4C)cc3c3cc(-c4c(C)cccc4C)ccc32)c(C#N)c1-n1c2ccc(-c3c(C)cccc3C)cc2c2cc(-c3c(C)cccc3C)ccc21. The number of benzene rings is 16. The van der Waals surface area contributed by atoms with Crippen LogP contribution in [0.1, 0.15) is 94.6 Å². The zero-order valence-corrected chi connectivity index (χ0v) is 70.2. The van der Waals surface area contributed by atoms with Crippen molar-refractivity contribution in [1.29, 1.82) is 10.5 Å². The Bertz CT molecular complexity index is 7460. The molecule has 0 radical (unpaired) electrons. The molecule has 0 aliphatic carbocycles. The second-order valence-corrected chi connectivity index (χ2v) is 33.7. The molecule has 20 aromatic rings. The minimum absolute atomic E-state index is 0.380. The first-order valence-corrected chi connectivity index (χ1v) is 41.5. The second-order valence-electron chi connectivity index (χ2n) is 33.7. The molecule has 0 bridgehead atoms. The summed E-state index contributed by atoms with van der Waals surface area (Å²) in [4.78, 5) is 0. The maximum atomic E-state index is 14.0. The molecule has 20 rings (SSSR count). The predicted molar refractivity (Wildman–Crippen MR) is 502 cm³/mol. The zero-order chi connectivity index (χ0) is 82.0. The Morgan fingerprint density at radius 1 is 0.176 bits per heavy atom.